The van der Waals surface area contributed by atoms with E-state index in [1.54, 1.807) is 6.20 Å². The molecule has 1 aromatic rings. The number of pyridine rings is 1. The molecule has 1 atom stereocenters. The number of thioether (sulfide) groups is 1. The van der Waals surface area contributed by atoms with Gasteiger partial charge in [-0.25, -0.2) is 4.98 Å². The number of hydrogen-bond acceptors (Lipinski definition) is 4. The summed E-state index contributed by atoms with van der Waals surface area (Å²) in [5.41, 5.74) is 1.62. The lowest BCUT2D eigenvalue weighted by Gasteiger charge is -2.32. The van der Waals surface area contributed by atoms with Crippen LogP contribution in [0, 0.1) is 11.3 Å². The molecular weight excluding hydrogens is 206 g/mol. The quantitative estimate of drug-likeness (QED) is 0.723. The van der Waals surface area contributed by atoms with Crippen LogP contribution in [0.4, 0.5) is 5.69 Å². The first-order chi connectivity index (χ1) is 7.29. The van der Waals surface area contributed by atoms with Crippen LogP contribution in [0.5, 0.6) is 0 Å². The number of aromatic nitrogens is 1. The molecule has 0 aromatic carbocycles. The molecule has 0 N–H and O–H groups in total. The third-order valence-electron chi connectivity index (χ3n) is 2.46. The molecule has 0 saturated carbocycles. The maximum atomic E-state index is 8.78. The third-order valence-corrected chi connectivity index (χ3v) is 3.60. The van der Waals surface area contributed by atoms with Crippen molar-refractivity contribution in [3.63, 3.8) is 0 Å². The largest absolute Gasteiger partial charge is 0.369 e. The van der Waals surface area contributed by atoms with E-state index < -0.39 is 0 Å². The molecule has 78 valence electrons. The van der Waals surface area contributed by atoms with Gasteiger partial charge in [-0.3, -0.25) is 0 Å². The van der Waals surface area contributed by atoms with Crippen molar-refractivity contribution in [2.24, 2.45) is 0 Å². The average molecular weight is 219 g/mol. The van der Waals surface area contributed by atoms with Crippen LogP contribution in [0.2, 0.25) is 0 Å². The van der Waals surface area contributed by atoms with Crippen molar-refractivity contribution in [1.29, 1.82) is 5.26 Å². The summed E-state index contributed by atoms with van der Waals surface area (Å²) in [6, 6.07) is 5.91. The molecule has 1 aliphatic rings. The lowest BCUT2D eigenvalue weighted by molar-refractivity contribution is 0.782. The van der Waals surface area contributed by atoms with Crippen LogP contribution >= 0.6 is 11.8 Å². The summed E-state index contributed by atoms with van der Waals surface area (Å²) in [5, 5.41) is 9.44. The normalized spacial score (nSPS) is 21.1. The molecular formula is C11H13N3S. The molecule has 1 aliphatic heterocycles. The Labute approximate surface area is 94.1 Å². The van der Waals surface area contributed by atoms with Gasteiger partial charge in [0.25, 0.3) is 0 Å². The van der Waals surface area contributed by atoms with Crippen molar-refractivity contribution >= 4 is 17.4 Å². The van der Waals surface area contributed by atoms with Crippen LogP contribution in [0.25, 0.3) is 0 Å². The molecule has 0 spiro atoms. The molecule has 2 rings (SSSR count). The standard InChI is InChI=1S/C11H13N3S/c1-9-8-14(4-5-15-9)11-2-3-13-10(6-11)7-12/h2-3,6,9H,4-5,8H2,1H3. The zero-order chi connectivity index (χ0) is 10.7. The highest BCUT2D eigenvalue weighted by atomic mass is 32.2. The van der Waals surface area contributed by atoms with E-state index in [9.17, 15) is 0 Å². The lowest BCUT2D eigenvalue weighted by atomic mass is 10.2. The number of rotatable bonds is 1. The monoisotopic (exact) mass is 219 g/mol. The van der Waals surface area contributed by atoms with Gasteiger partial charge in [-0.1, -0.05) is 6.92 Å². The van der Waals surface area contributed by atoms with Crippen LogP contribution in [-0.4, -0.2) is 29.1 Å². The Morgan fingerprint density at radius 2 is 2.53 bits per heavy atom. The number of anilines is 1. The Balaban J connectivity index is 2.18. The van der Waals surface area contributed by atoms with Gasteiger partial charge < -0.3 is 4.90 Å². The first-order valence-corrected chi connectivity index (χ1v) is 6.07. The van der Waals surface area contributed by atoms with E-state index >= 15 is 0 Å². The van der Waals surface area contributed by atoms with E-state index in [-0.39, 0.29) is 0 Å². The molecule has 2 heterocycles. The fourth-order valence-electron chi connectivity index (χ4n) is 1.73. The summed E-state index contributed by atoms with van der Waals surface area (Å²) in [7, 11) is 0. The minimum atomic E-state index is 0.498. The van der Waals surface area contributed by atoms with Crippen LogP contribution < -0.4 is 4.90 Å². The Kier molecular flexibility index (Phi) is 3.12. The summed E-state index contributed by atoms with van der Waals surface area (Å²) in [6.45, 7) is 4.35. The van der Waals surface area contributed by atoms with Gasteiger partial charge in [0.05, 0.1) is 0 Å². The smallest absolute Gasteiger partial charge is 0.142 e. The van der Waals surface area contributed by atoms with E-state index in [0.717, 1.165) is 24.5 Å². The van der Waals surface area contributed by atoms with Crippen molar-refractivity contribution in [3.8, 4) is 6.07 Å². The highest BCUT2D eigenvalue weighted by Gasteiger charge is 2.17. The van der Waals surface area contributed by atoms with Gasteiger partial charge >= 0.3 is 0 Å². The van der Waals surface area contributed by atoms with Gasteiger partial charge in [0.1, 0.15) is 11.8 Å². The van der Waals surface area contributed by atoms with E-state index in [2.05, 4.69) is 22.9 Å². The minimum Gasteiger partial charge on any atom is -0.369 e. The highest BCUT2D eigenvalue weighted by molar-refractivity contribution is 8.00. The summed E-state index contributed by atoms with van der Waals surface area (Å²) in [5.74, 6) is 1.16. The number of hydrogen-bond donors (Lipinski definition) is 0. The fourth-order valence-corrected chi connectivity index (χ4v) is 2.74. The van der Waals surface area contributed by atoms with Crippen molar-refractivity contribution in [2.75, 3.05) is 23.7 Å². The zero-order valence-electron chi connectivity index (χ0n) is 8.68. The first-order valence-electron chi connectivity index (χ1n) is 5.02. The highest BCUT2D eigenvalue weighted by Crippen LogP contribution is 2.23. The van der Waals surface area contributed by atoms with Gasteiger partial charge in [0.15, 0.2) is 0 Å². The van der Waals surface area contributed by atoms with Crippen molar-refractivity contribution in [2.45, 2.75) is 12.2 Å². The van der Waals surface area contributed by atoms with Crippen molar-refractivity contribution in [3.05, 3.63) is 24.0 Å². The zero-order valence-corrected chi connectivity index (χ0v) is 9.50. The predicted molar refractivity (Wildman–Crippen MR) is 63.1 cm³/mol. The van der Waals surface area contributed by atoms with Crippen LogP contribution in [-0.2, 0) is 0 Å². The SMILES string of the molecule is CC1CN(c2ccnc(C#N)c2)CCS1. The molecule has 0 aliphatic carbocycles. The molecule has 1 saturated heterocycles. The minimum absolute atomic E-state index is 0.498. The number of nitrogens with zero attached hydrogens (tertiary/aromatic N) is 3. The van der Waals surface area contributed by atoms with Crippen LogP contribution in [0.3, 0.4) is 0 Å². The average Bonchev–Trinajstić information content (AvgIpc) is 2.29. The third kappa shape index (κ3) is 2.42. The van der Waals surface area contributed by atoms with E-state index in [0.29, 0.717) is 10.9 Å². The van der Waals surface area contributed by atoms with E-state index in [1.807, 2.05) is 23.9 Å². The molecule has 0 radical (unpaired) electrons. The molecule has 4 heteroatoms. The summed E-state index contributed by atoms with van der Waals surface area (Å²) < 4.78 is 0. The maximum Gasteiger partial charge on any atom is 0.142 e. The summed E-state index contributed by atoms with van der Waals surface area (Å²) in [6.07, 6.45) is 1.71. The van der Waals surface area contributed by atoms with Gasteiger partial charge in [-0.15, -0.1) is 0 Å². The molecule has 1 fully saturated rings. The second-order valence-corrected chi connectivity index (χ2v) is 5.18. The number of nitriles is 1. The van der Waals surface area contributed by atoms with Gasteiger partial charge in [0.2, 0.25) is 0 Å². The van der Waals surface area contributed by atoms with Gasteiger partial charge in [0, 0.05) is 36.0 Å². The molecule has 15 heavy (non-hydrogen) atoms. The first kappa shape index (κ1) is 10.3. The molecule has 0 bridgehead atoms. The van der Waals surface area contributed by atoms with Crippen LogP contribution in [0.1, 0.15) is 12.6 Å². The summed E-state index contributed by atoms with van der Waals surface area (Å²) >= 11 is 2.00. The second-order valence-electron chi connectivity index (χ2n) is 3.64. The van der Waals surface area contributed by atoms with E-state index in [1.165, 1.54) is 0 Å². The Morgan fingerprint density at radius 3 is 3.27 bits per heavy atom. The Hall–Kier alpha value is -1.21. The van der Waals surface area contributed by atoms with Crippen molar-refractivity contribution in [1.82, 2.24) is 4.98 Å². The van der Waals surface area contributed by atoms with Gasteiger partial charge in [-0.05, 0) is 12.1 Å². The Bertz CT molecular complexity index is 386. The topological polar surface area (TPSA) is 39.9 Å². The summed E-state index contributed by atoms with van der Waals surface area (Å²) in [4.78, 5) is 6.30. The molecule has 3 nitrogen and oxygen atoms in total. The lowest BCUT2D eigenvalue weighted by Crippen LogP contribution is -2.36. The molecule has 1 unspecified atom stereocenters. The molecule has 0 amide bonds. The predicted octanol–water partition coefficient (Wildman–Crippen LogP) is 1.89. The van der Waals surface area contributed by atoms with Crippen molar-refractivity contribution < 1.29 is 0 Å². The van der Waals surface area contributed by atoms with Gasteiger partial charge in [-0.2, -0.15) is 17.0 Å². The fraction of sp³-hybridized carbons (Fsp3) is 0.455. The molecule has 1 aromatic heterocycles. The maximum absolute atomic E-state index is 8.78. The Morgan fingerprint density at radius 1 is 1.67 bits per heavy atom. The second kappa shape index (κ2) is 4.54. The van der Waals surface area contributed by atoms with E-state index in [4.69, 9.17) is 5.26 Å². The van der Waals surface area contributed by atoms with Crippen LogP contribution in [0.15, 0.2) is 18.3 Å².